The normalized spacial score (nSPS) is 40.8. The van der Waals surface area contributed by atoms with E-state index in [2.05, 4.69) is 40.7 Å². The minimum Gasteiger partial charge on any atom is -0.461 e. The second kappa shape index (κ2) is 9.75. The minimum absolute atomic E-state index is 0.0295. The molecule has 0 aliphatic heterocycles. The summed E-state index contributed by atoms with van der Waals surface area (Å²) >= 11 is 0. The van der Waals surface area contributed by atoms with Crippen molar-refractivity contribution < 1.29 is 9.53 Å². The van der Waals surface area contributed by atoms with E-state index in [0.29, 0.717) is 5.41 Å². The van der Waals surface area contributed by atoms with Gasteiger partial charge in [0.05, 0.1) is 6.07 Å². The molecule has 3 saturated carbocycles. The van der Waals surface area contributed by atoms with Crippen LogP contribution < -0.4 is 0 Å². The highest BCUT2D eigenvalue weighted by Gasteiger charge is 2.59. The average Bonchev–Trinajstić information content (AvgIpc) is 3.11. The zero-order valence-electron chi connectivity index (χ0n) is 21.9. The van der Waals surface area contributed by atoms with Crippen LogP contribution in [0.4, 0.5) is 0 Å². The summed E-state index contributed by atoms with van der Waals surface area (Å²) in [6.07, 6.45) is 16.4. The fraction of sp³-hybridized carbons (Fsp3) is 0.867. The van der Waals surface area contributed by atoms with Crippen LogP contribution in [0.15, 0.2) is 11.6 Å². The van der Waals surface area contributed by atoms with E-state index in [-0.39, 0.29) is 23.9 Å². The van der Waals surface area contributed by atoms with Gasteiger partial charge < -0.3 is 4.74 Å². The first kappa shape index (κ1) is 24.8. The summed E-state index contributed by atoms with van der Waals surface area (Å²) in [5, 5.41) is 8.77. The highest BCUT2D eigenvalue weighted by atomic mass is 16.5. The van der Waals surface area contributed by atoms with Gasteiger partial charge in [-0.15, -0.1) is 0 Å². The topological polar surface area (TPSA) is 50.1 Å². The predicted octanol–water partition coefficient (Wildman–Crippen LogP) is 7.85. The number of ether oxygens (including phenoxy) is 1. The number of carbonyl (C=O) groups excluding carboxylic acids is 1. The number of fused-ring (bicyclic) bond motifs is 5. The maximum atomic E-state index is 11.9. The molecule has 0 radical (unpaired) electrons. The van der Waals surface area contributed by atoms with Crippen LogP contribution in [0.5, 0.6) is 0 Å². The van der Waals surface area contributed by atoms with Crippen LogP contribution >= 0.6 is 0 Å². The van der Waals surface area contributed by atoms with Gasteiger partial charge in [-0.25, -0.2) is 0 Å². The molecule has 0 amide bonds. The van der Waals surface area contributed by atoms with Crippen molar-refractivity contribution in [3.8, 4) is 6.07 Å². The third-order valence-electron chi connectivity index (χ3n) is 10.8. The van der Waals surface area contributed by atoms with Crippen molar-refractivity contribution in [1.82, 2.24) is 0 Å². The van der Waals surface area contributed by atoms with Crippen LogP contribution in [-0.2, 0) is 9.53 Å². The summed E-state index contributed by atoms with van der Waals surface area (Å²) in [7, 11) is 0. The van der Waals surface area contributed by atoms with Crippen molar-refractivity contribution in [3.05, 3.63) is 11.6 Å². The van der Waals surface area contributed by atoms with E-state index >= 15 is 0 Å². The molecule has 33 heavy (non-hydrogen) atoms. The molecule has 4 aliphatic rings. The fourth-order valence-electron chi connectivity index (χ4n) is 9.04. The first-order chi connectivity index (χ1) is 15.7. The highest BCUT2D eigenvalue weighted by Crippen LogP contribution is 2.67. The molecule has 3 fully saturated rings. The number of hydrogen-bond acceptors (Lipinski definition) is 3. The molecule has 4 rings (SSSR count). The largest absolute Gasteiger partial charge is 0.461 e. The quantitative estimate of drug-likeness (QED) is 0.291. The molecule has 0 heterocycles. The van der Waals surface area contributed by atoms with Gasteiger partial charge in [0.25, 0.3) is 0 Å². The lowest BCUT2D eigenvalue weighted by Crippen LogP contribution is -2.51. The van der Waals surface area contributed by atoms with E-state index in [4.69, 9.17) is 10.00 Å². The van der Waals surface area contributed by atoms with Crippen molar-refractivity contribution in [1.29, 1.82) is 5.26 Å². The van der Waals surface area contributed by atoms with Crippen molar-refractivity contribution in [2.75, 3.05) is 0 Å². The lowest BCUT2D eigenvalue weighted by molar-refractivity contribution is -0.150. The monoisotopic (exact) mass is 453 g/mol. The molecule has 3 heteroatoms. The summed E-state index contributed by atoms with van der Waals surface area (Å²) in [5.74, 6) is 4.75. The Kier molecular flexibility index (Phi) is 7.33. The van der Waals surface area contributed by atoms with Crippen LogP contribution in [0.3, 0.4) is 0 Å². The molecule has 184 valence electrons. The summed E-state index contributed by atoms with van der Waals surface area (Å²) in [5.41, 5.74) is 2.36. The first-order valence-electron chi connectivity index (χ1n) is 13.9. The van der Waals surface area contributed by atoms with Gasteiger partial charge >= 0.3 is 5.97 Å². The van der Waals surface area contributed by atoms with Crippen molar-refractivity contribution in [3.63, 3.8) is 0 Å². The number of carbonyl (C=O) groups is 1. The highest BCUT2D eigenvalue weighted by molar-refractivity contribution is 5.72. The summed E-state index contributed by atoms with van der Waals surface area (Å²) < 4.78 is 5.63. The molecule has 4 aliphatic carbocycles. The molecule has 0 aromatic carbocycles. The average molecular weight is 454 g/mol. The second-order valence-electron chi connectivity index (χ2n) is 13.0. The van der Waals surface area contributed by atoms with Gasteiger partial charge in [0.2, 0.25) is 0 Å². The molecule has 3 nitrogen and oxygen atoms in total. The molecule has 0 bridgehead atoms. The second-order valence-corrected chi connectivity index (χ2v) is 13.0. The van der Waals surface area contributed by atoms with Crippen molar-refractivity contribution >= 4 is 5.97 Å². The van der Waals surface area contributed by atoms with E-state index in [9.17, 15) is 4.79 Å². The van der Waals surface area contributed by atoms with Crippen LogP contribution in [0.25, 0.3) is 0 Å². The Bertz CT molecular complexity index is 794. The fourth-order valence-corrected chi connectivity index (χ4v) is 9.04. The van der Waals surface area contributed by atoms with Gasteiger partial charge in [0.1, 0.15) is 12.5 Å². The van der Waals surface area contributed by atoms with E-state index < -0.39 is 0 Å². The molecule has 0 spiro atoms. The van der Waals surface area contributed by atoms with Gasteiger partial charge in [-0.3, -0.25) is 4.79 Å². The van der Waals surface area contributed by atoms with Crippen LogP contribution in [-0.4, -0.2) is 12.1 Å². The zero-order chi connectivity index (χ0) is 23.8. The van der Waals surface area contributed by atoms with Gasteiger partial charge in [0, 0.05) is 6.42 Å². The molecule has 8 atom stereocenters. The lowest BCUT2D eigenvalue weighted by Gasteiger charge is -2.58. The molecule has 0 aromatic rings. The molecular weight excluding hydrogens is 406 g/mol. The third kappa shape index (κ3) is 4.66. The summed E-state index contributed by atoms with van der Waals surface area (Å²) in [6.45, 7) is 12.5. The molecule has 0 aromatic heterocycles. The lowest BCUT2D eigenvalue weighted by atomic mass is 9.47. The Labute approximate surface area is 202 Å². The Morgan fingerprint density at radius 3 is 2.64 bits per heavy atom. The van der Waals surface area contributed by atoms with Gasteiger partial charge in [0.15, 0.2) is 0 Å². The van der Waals surface area contributed by atoms with E-state index in [1.807, 2.05) is 6.07 Å². The van der Waals surface area contributed by atoms with Gasteiger partial charge in [-0.1, -0.05) is 65.5 Å². The molecule has 4 unspecified atom stereocenters. The third-order valence-corrected chi connectivity index (χ3v) is 10.8. The number of nitriles is 1. The van der Waals surface area contributed by atoms with Crippen molar-refractivity contribution in [2.45, 2.75) is 118 Å². The molecule has 0 saturated heterocycles. The Morgan fingerprint density at radius 1 is 1.12 bits per heavy atom. The number of allylic oxidation sites excluding steroid dienone is 1. The summed E-state index contributed by atoms with van der Waals surface area (Å²) in [6, 6.07) is 1.92. The van der Waals surface area contributed by atoms with E-state index in [0.717, 1.165) is 54.8 Å². The standard InChI is InChI=1S/C30H47NO2/c1-20(2)7-6-8-21(3)25-11-12-26-24-10-9-22-19-23(33-28(32)15-18-31)13-16-29(22,4)27(24)14-17-30(25,26)5/h9,20-21,23-27H,6-8,10-17,19H2,1-5H3/t21-,23?,24?,25-,26?,27?,29+,30-/m1/s1. The zero-order valence-corrected chi connectivity index (χ0v) is 21.9. The first-order valence-corrected chi connectivity index (χ1v) is 13.9. The summed E-state index contributed by atoms with van der Waals surface area (Å²) in [4.78, 5) is 11.9. The molecule has 0 N–H and O–H groups in total. The number of esters is 1. The Balaban J connectivity index is 1.44. The SMILES string of the molecule is CC(C)CCC[C@@H](C)[C@H]1CCC2C3CC=C4CC(OC(=O)CC#N)CC[C@]4(C)C3CC[C@@]21C. The number of hydrogen-bond donors (Lipinski definition) is 0. The Hall–Kier alpha value is -1.30. The minimum atomic E-state index is -0.353. The van der Waals surface area contributed by atoms with Gasteiger partial charge in [-0.2, -0.15) is 5.26 Å². The smallest absolute Gasteiger partial charge is 0.320 e. The Morgan fingerprint density at radius 2 is 1.91 bits per heavy atom. The van der Waals surface area contributed by atoms with Crippen molar-refractivity contribution in [2.24, 2.45) is 46.3 Å². The number of nitrogens with zero attached hydrogens (tertiary/aromatic N) is 1. The van der Waals surface area contributed by atoms with E-state index in [1.54, 1.807) is 5.57 Å². The maximum Gasteiger partial charge on any atom is 0.320 e. The van der Waals surface area contributed by atoms with E-state index in [1.165, 1.54) is 51.4 Å². The predicted molar refractivity (Wildman–Crippen MR) is 133 cm³/mol. The molecular formula is C30H47NO2. The van der Waals surface area contributed by atoms with Gasteiger partial charge in [-0.05, 0) is 91.3 Å². The number of rotatable bonds is 7. The van der Waals surface area contributed by atoms with Crippen LogP contribution in [0.1, 0.15) is 112 Å². The van der Waals surface area contributed by atoms with Crippen LogP contribution in [0, 0.1) is 57.7 Å². The maximum absolute atomic E-state index is 11.9. The van der Waals surface area contributed by atoms with Crippen LogP contribution in [0.2, 0.25) is 0 Å².